The molecular weight excluding hydrogens is 845 g/mol. The van der Waals surface area contributed by atoms with Crippen molar-refractivity contribution >= 4 is 22.8 Å². The molecule has 0 saturated carbocycles. The highest BCUT2D eigenvalue weighted by atomic mass is 16.5. The van der Waals surface area contributed by atoms with E-state index in [1.165, 1.54) is 24.8 Å². The molecule has 7 aromatic rings. The van der Waals surface area contributed by atoms with Gasteiger partial charge in [0.2, 0.25) is 5.56 Å². The summed E-state index contributed by atoms with van der Waals surface area (Å²) in [6.07, 6.45) is 1.07. The summed E-state index contributed by atoms with van der Waals surface area (Å²) in [5.74, 6) is 0.177. The van der Waals surface area contributed by atoms with Gasteiger partial charge in [-0.2, -0.15) is 0 Å². The number of aromatic amines is 1. The van der Waals surface area contributed by atoms with Gasteiger partial charge in [0.25, 0.3) is 5.91 Å². The van der Waals surface area contributed by atoms with Crippen molar-refractivity contribution < 1.29 is 34.0 Å². The molecule has 12 nitrogen and oxygen atoms in total. The molecule has 344 valence electrons. The lowest BCUT2D eigenvalue weighted by Crippen LogP contribution is -2.35. The number of benzene rings is 6. The van der Waals surface area contributed by atoms with Crippen LogP contribution in [0.4, 0.5) is 0 Å². The predicted molar refractivity (Wildman–Crippen MR) is 258 cm³/mol. The van der Waals surface area contributed by atoms with Gasteiger partial charge in [-0.25, -0.2) is 0 Å². The number of carbonyl (C=O) groups is 2. The van der Waals surface area contributed by atoms with Crippen molar-refractivity contribution in [3.8, 4) is 17.2 Å². The molecule has 1 saturated heterocycles. The molecular formula is C55H56N4O8. The van der Waals surface area contributed by atoms with Gasteiger partial charge in [0.15, 0.2) is 0 Å². The van der Waals surface area contributed by atoms with Crippen LogP contribution in [0.25, 0.3) is 10.9 Å². The largest absolute Gasteiger partial charge is 0.506 e. The Labute approximate surface area is 390 Å². The van der Waals surface area contributed by atoms with Crippen molar-refractivity contribution in [1.29, 1.82) is 0 Å². The number of hydrogen-bond acceptors (Lipinski definition) is 10. The number of methoxy groups -OCH3 is 1. The number of rotatable bonds is 19. The molecule has 1 aromatic heterocycles. The smallest absolute Gasteiger partial charge is 0.317 e. The first kappa shape index (κ1) is 46.3. The summed E-state index contributed by atoms with van der Waals surface area (Å²) in [6, 6.07) is 47.1. The fraction of sp³-hybridized carbons (Fsp3) is 0.255. The second-order valence-corrected chi connectivity index (χ2v) is 17.0. The maximum atomic E-state index is 13.8. The Morgan fingerprint density at radius 2 is 1.48 bits per heavy atom. The number of likely N-dealkylation sites (tertiary alicyclic amines) is 1. The lowest BCUT2D eigenvalue weighted by molar-refractivity contribution is -0.146. The maximum Gasteiger partial charge on any atom is 0.317 e. The third kappa shape index (κ3) is 12.2. The van der Waals surface area contributed by atoms with Crippen LogP contribution in [0, 0.1) is 5.92 Å². The minimum absolute atomic E-state index is 0.0709. The summed E-state index contributed by atoms with van der Waals surface area (Å²) < 4.78 is 17.9. The van der Waals surface area contributed by atoms with Gasteiger partial charge in [-0.05, 0) is 107 Å². The second-order valence-electron chi connectivity index (χ2n) is 17.0. The zero-order chi connectivity index (χ0) is 46.5. The van der Waals surface area contributed by atoms with Crippen LogP contribution in [-0.4, -0.2) is 65.3 Å². The average Bonchev–Trinajstić information content (AvgIpc) is 3.36. The minimum Gasteiger partial charge on any atom is -0.506 e. The molecule has 67 heavy (non-hydrogen) atoms. The van der Waals surface area contributed by atoms with Crippen molar-refractivity contribution in [2.45, 2.75) is 51.1 Å². The van der Waals surface area contributed by atoms with Gasteiger partial charge in [-0.3, -0.25) is 19.3 Å². The lowest BCUT2D eigenvalue weighted by atomic mass is 9.91. The van der Waals surface area contributed by atoms with Crippen molar-refractivity contribution in [3.63, 3.8) is 0 Å². The SMILES string of the molecule is COc1cc(CNC[C@H](O)c2ccc(O)c3[nH]c(=O)ccc23)ccc1C(=O)NCc1ccc(COc2cccc(C(C(=O)OCC3CCN(Cc4ccccc4)CC3)c3ccccc3)c2)cc1. The summed E-state index contributed by atoms with van der Waals surface area (Å²) in [7, 11) is 1.51. The molecule has 1 aliphatic heterocycles. The number of aliphatic hydroxyl groups excluding tert-OH is 1. The molecule has 1 amide bonds. The highest BCUT2D eigenvalue weighted by molar-refractivity contribution is 5.97. The van der Waals surface area contributed by atoms with Crippen LogP contribution in [0.2, 0.25) is 0 Å². The summed E-state index contributed by atoms with van der Waals surface area (Å²) >= 11 is 0. The maximum absolute atomic E-state index is 13.8. The van der Waals surface area contributed by atoms with E-state index >= 15 is 0 Å². The number of aromatic hydroxyl groups is 1. The van der Waals surface area contributed by atoms with Gasteiger partial charge >= 0.3 is 5.97 Å². The van der Waals surface area contributed by atoms with Gasteiger partial charge in [0.05, 0.1) is 30.9 Å². The zero-order valence-electron chi connectivity index (χ0n) is 37.5. The number of aromatic nitrogens is 1. The van der Waals surface area contributed by atoms with Crippen LogP contribution in [0.5, 0.6) is 17.2 Å². The van der Waals surface area contributed by atoms with Gasteiger partial charge in [-0.1, -0.05) is 109 Å². The van der Waals surface area contributed by atoms with Crippen LogP contribution in [0.3, 0.4) is 0 Å². The lowest BCUT2D eigenvalue weighted by Gasteiger charge is -2.32. The van der Waals surface area contributed by atoms with E-state index in [9.17, 15) is 24.6 Å². The van der Waals surface area contributed by atoms with Crippen molar-refractivity contribution in [1.82, 2.24) is 20.5 Å². The van der Waals surface area contributed by atoms with Crippen molar-refractivity contribution in [2.24, 2.45) is 5.92 Å². The van der Waals surface area contributed by atoms with Crippen LogP contribution in [0.1, 0.15) is 74.2 Å². The number of pyridine rings is 1. The number of nitrogens with one attached hydrogen (secondary N) is 3. The molecule has 0 aliphatic carbocycles. The number of ether oxygens (including phenoxy) is 3. The van der Waals surface area contributed by atoms with E-state index in [2.05, 4.69) is 44.8 Å². The second kappa shape index (κ2) is 22.3. The predicted octanol–water partition coefficient (Wildman–Crippen LogP) is 8.16. The molecule has 12 heteroatoms. The average molecular weight is 901 g/mol. The fourth-order valence-electron chi connectivity index (χ4n) is 8.57. The third-order valence-corrected chi connectivity index (χ3v) is 12.3. The number of carbonyl (C=O) groups excluding carboxylic acids is 2. The monoisotopic (exact) mass is 900 g/mol. The first-order chi connectivity index (χ1) is 32.7. The molecule has 6 aromatic carbocycles. The number of piperidine rings is 1. The molecule has 2 atom stereocenters. The number of phenols is 1. The molecule has 0 spiro atoms. The number of aliphatic hydroxyl groups is 1. The standard InChI is InChI=1S/C55H56N4O8/c1-65-50-29-41(31-56-33-49(61)45-21-23-48(60)53-46(45)22-24-51(62)58-53)19-20-47(50)54(63)57-32-37-15-17-39(18-16-37)35-66-44-14-8-13-43(30-44)52(42-11-6-3-7-12-42)55(64)67-36-40-25-27-59(28-26-40)34-38-9-4-2-5-10-38/h2-24,29-30,40,49,52,56,60-61H,25-28,31-36H2,1H3,(H,57,63)(H,58,62)/t49-,52?/m0/s1. The number of fused-ring (bicyclic) bond motifs is 1. The first-order valence-electron chi connectivity index (χ1n) is 22.7. The Hall–Kier alpha value is -7.25. The number of hydrogen-bond donors (Lipinski definition) is 5. The van der Waals surface area contributed by atoms with E-state index < -0.39 is 12.0 Å². The number of amides is 1. The van der Waals surface area contributed by atoms with Crippen molar-refractivity contribution in [2.75, 3.05) is 33.4 Å². The highest BCUT2D eigenvalue weighted by Gasteiger charge is 2.27. The highest BCUT2D eigenvalue weighted by Crippen LogP contribution is 2.31. The summed E-state index contributed by atoms with van der Waals surface area (Å²) in [5.41, 5.74) is 6.57. The Morgan fingerprint density at radius 3 is 2.24 bits per heavy atom. The van der Waals surface area contributed by atoms with Crippen LogP contribution < -0.4 is 25.7 Å². The zero-order valence-corrected chi connectivity index (χ0v) is 37.5. The van der Waals surface area contributed by atoms with Gasteiger partial charge in [0, 0.05) is 37.6 Å². The Bertz CT molecular complexity index is 2810. The Morgan fingerprint density at radius 1 is 0.761 bits per heavy atom. The summed E-state index contributed by atoms with van der Waals surface area (Å²) in [6.45, 7) is 4.51. The molecule has 8 rings (SSSR count). The molecule has 1 fully saturated rings. The molecule has 1 aliphatic rings. The fourth-order valence-corrected chi connectivity index (χ4v) is 8.57. The number of phenolic OH excluding ortho intramolecular Hbond substituents is 1. The van der Waals surface area contributed by atoms with E-state index in [0.717, 1.165) is 60.3 Å². The number of nitrogens with zero attached hydrogens (tertiary/aromatic N) is 1. The van der Waals surface area contributed by atoms with Crippen LogP contribution in [0.15, 0.2) is 156 Å². The van der Waals surface area contributed by atoms with Crippen molar-refractivity contribution in [3.05, 3.63) is 207 Å². The van der Waals surface area contributed by atoms with E-state index in [1.54, 1.807) is 24.3 Å². The quantitative estimate of drug-likeness (QED) is 0.0501. The molecule has 5 N–H and O–H groups in total. The normalized spacial score (nSPS) is 14.0. The molecule has 0 radical (unpaired) electrons. The first-order valence-corrected chi connectivity index (χ1v) is 22.7. The molecule has 1 unspecified atom stereocenters. The number of H-pyrrole nitrogens is 1. The Balaban J connectivity index is 0.807. The summed E-state index contributed by atoms with van der Waals surface area (Å²) in [5, 5.41) is 27.9. The van der Waals surface area contributed by atoms with E-state index in [-0.39, 0.29) is 35.2 Å². The molecule has 2 heterocycles. The van der Waals surface area contributed by atoms with Gasteiger partial charge in [0.1, 0.15) is 29.8 Å². The number of esters is 1. The minimum atomic E-state index is -0.910. The van der Waals surface area contributed by atoms with E-state index in [1.807, 2.05) is 91.0 Å². The van der Waals surface area contributed by atoms with E-state index in [4.69, 9.17) is 14.2 Å². The third-order valence-electron chi connectivity index (χ3n) is 12.3. The van der Waals surface area contributed by atoms with E-state index in [0.29, 0.717) is 60.2 Å². The van der Waals surface area contributed by atoms with Gasteiger partial charge < -0.3 is 40.0 Å². The van der Waals surface area contributed by atoms with Gasteiger partial charge in [-0.15, -0.1) is 0 Å². The summed E-state index contributed by atoms with van der Waals surface area (Å²) in [4.78, 5) is 44.0. The topological polar surface area (TPSA) is 162 Å². The Kier molecular flexibility index (Phi) is 15.4. The molecule has 0 bridgehead atoms. The van der Waals surface area contributed by atoms with Crippen LogP contribution in [-0.2, 0) is 35.8 Å². The van der Waals surface area contributed by atoms with Crippen LogP contribution >= 0.6 is 0 Å².